The van der Waals surface area contributed by atoms with Crippen LogP contribution in [0.2, 0.25) is 5.02 Å². The van der Waals surface area contributed by atoms with Gasteiger partial charge < -0.3 is 15.4 Å². The Bertz CT molecular complexity index is 1730. The summed E-state index contributed by atoms with van der Waals surface area (Å²) in [5.74, 6) is -2.70. The minimum atomic E-state index is -1.17. The number of amides is 4. The number of nitrogens with one attached hydrogen (secondary N) is 2. The summed E-state index contributed by atoms with van der Waals surface area (Å²) in [6.45, 7) is 3.37. The largest absolute Gasteiger partial charge is 0.480 e. The van der Waals surface area contributed by atoms with Crippen molar-refractivity contribution < 1.29 is 24.3 Å². The Morgan fingerprint density at radius 2 is 1.76 bits per heavy atom. The van der Waals surface area contributed by atoms with E-state index in [9.17, 15) is 24.3 Å². The van der Waals surface area contributed by atoms with Gasteiger partial charge in [0.25, 0.3) is 11.8 Å². The Balaban J connectivity index is 1.45. The maximum Gasteiger partial charge on any atom is 0.332 e. The second kappa shape index (κ2) is 10.1. The number of imide groups is 1. The Labute approximate surface area is 240 Å². The number of aliphatic carboxylic acids is 1. The first-order valence-electron chi connectivity index (χ1n) is 13.3. The van der Waals surface area contributed by atoms with Crippen molar-refractivity contribution in [1.29, 1.82) is 0 Å². The fraction of sp³-hybridized carbons (Fsp3) is 0.226. The third kappa shape index (κ3) is 4.33. The molecule has 0 unspecified atom stereocenters. The molecular formula is C31H27ClN4O5. The second-order valence-electron chi connectivity index (χ2n) is 10.7. The van der Waals surface area contributed by atoms with E-state index in [4.69, 9.17) is 11.6 Å². The van der Waals surface area contributed by atoms with Gasteiger partial charge in [0.1, 0.15) is 18.1 Å². The fourth-order valence-electron chi connectivity index (χ4n) is 5.91. The van der Waals surface area contributed by atoms with Gasteiger partial charge in [0.05, 0.1) is 11.3 Å². The third-order valence-electron chi connectivity index (χ3n) is 7.82. The summed E-state index contributed by atoms with van der Waals surface area (Å²) >= 11 is 6.37. The van der Waals surface area contributed by atoms with Crippen molar-refractivity contribution in [2.45, 2.75) is 38.4 Å². The van der Waals surface area contributed by atoms with Crippen LogP contribution in [0.1, 0.15) is 47.1 Å². The number of aromatic nitrogens is 1. The van der Waals surface area contributed by atoms with Gasteiger partial charge in [-0.2, -0.15) is 0 Å². The number of H-pyrrole nitrogens is 1. The summed E-state index contributed by atoms with van der Waals surface area (Å²) in [5.41, 5.74) is 3.53. The zero-order chi connectivity index (χ0) is 29.0. The van der Waals surface area contributed by atoms with E-state index in [1.54, 1.807) is 49.1 Å². The van der Waals surface area contributed by atoms with Gasteiger partial charge in [-0.3, -0.25) is 14.5 Å². The molecule has 4 amide bonds. The number of nitrogens with zero attached hydrogens (tertiary/aromatic N) is 2. The van der Waals surface area contributed by atoms with Crippen LogP contribution >= 0.6 is 11.6 Å². The molecule has 3 aromatic carbocycles. The van der Waals surface area contributed by atoms with Gasteiger partial charge >= 0.3 is 12.0 Å². The topological polar surface area (TPSA) is 123 Å². The molecule has 3 heterocycles. The summed E-state index contributed by atoms with van der Waals surface area (Å²) in [7, 11) is 0. The lowest BCUT2D eigenvalue weighted by Gasteiger charge is -2.36. The average Bonchev–Trinajstić information content (AvgIpc) is 3.44. The molecular weight excluding hydrogens is 544 g/mol. The number of carboxylic acid groups (broad SMARTS) is 1. The molecule has 1 saturated heterocycles. The van der Waals surface area contributed by atoms with Gasteiger partial charge in [-0.1, -0.05) is 67.9 Å². The van der Waals surface area contributed by atoms with E-state index in [1.807, 2.05) is 30.3 Å². The van der Waals surface area contributed by atoms with E-state index in [-0.39, 0.29) is 17.2 Å². The zero-order valence-corrected chi connectivity index (χ0v) is 23.1. The van der Waals surface area contributed by atoms with E-state index >= 15 is 0 Å². The van der Waals surface area contributed by atoms with Gasteiger partial charge in [-0.05, 0) is 47.4 Å². The zero-order valence-electron chi connectivity index (χ0n) is 22.3. The Kier molecular flexibility index (Phi) is 6.54. The summed E-state index contributed by atoms with van der Waals surface area (Å²) < 4.78 is 0. The lowest BCUT2D eigenvalue weighted by atomic mass is 9.89. The van der Waals surface area contributed by atoms with Crippen molar-refractivity contribution in [2.75, 3.05) is 4.90 Å². The predicted molar refractivity (Wildman–Crippen MR) is 154 cm³/mol. The van der Waals surface area contributed by atoms with E-state index in [0.29, 0.717) is 11.4 Å². The first-order chi connectivity index (χ1) is 19.7. The highest BCUT2D eigenvalue weighted by atomic mass is 35.5. The molecule has 3 N–H and O–H groups in total. The lowest BCUT2D eigenvalue weighted by Crippen LogP contribution is -2.45. The van der Waals surface area contributed by atoms with E-state index in [2.05, 4.69) is 10.3 Å². The molecule has 41 heavy (non-hydrogen) atoms. The van der Waals surface area contributed by atoms with E-state index in [1.165, 1.54) is 12.1 Å². The maximum absolute atomic E-state index is 14.2. The molecule has 0 saturated carbocycles. The number of para-hydroxylation sites is 2. The van der Waals surface area contributed by atoms with Crippen LogP contribution in [0.3, 0.4) is 0 Å². The van der Waals surface area contributed by atoms with Crippen LogP contribution in [-0.4, -0.2) is 50.9 Å². The fourth-order valence-corrected chi connectivity index (χ4v) is 6.11. The van der Waals surface area contributed by atoms with Crippen LogP contribution in [0.25, 0.3) is 10.9 Å². The molecule has 0 aliphatic carbocycles. The van der Waals surface area contributed by atoms with E-state index in [0.717, 1.165) is 32.6 Å². The predicted octanol–water partition coefficient (Wildman–Crippen LogP) is 5.14. The number of hydrogen-bond acceptors (Lipinski definition) is 4. The van der Waals surface area contributed by atoms with Crippen LogP contribution in [0.5, 0.6) is 0 Å². The number of urea groups is 1. The molecule has 2 aliphatic heterocycles. The Morgan fingerprint density at radius 1 is 1.02 bits per heavy atom. The first-order valence-corrected chi connectivity index (χ1v) is 13.7. The van der Waals surface area contributed by atoms with Gasteiger partial charge in [0.2, 0.25) is 0 Å². The van der Waals surface area contributed by atoms with Crippen molar-refractivity contribution >= 4 is 52.0 Å². The van der Waals surface area contributed by atoms with Gasteiger partial charge in [-0.25, -0.2) is 14.5 Å². The minimum absolute atomic E-state index is 0.0317. The van der Waals surface area contributed by atoms with Gasteiger partial charge in [0, 0.05) is 28.0 Å². The SMILES string of the molecule is CC(C)[C@H](NC(=O)c1ccccc1N1C(=O)[C@@H]2Cc3c([nH]c4ccccc34)[C@H](c3cccc(Cl)c3)N2C1=O)C(=O)O. The first kappa shape index (κ1) is 26.6. The highest BCUT2D eigenvalue weighted by Gasteiger charge is 2.53. The number of carbonyl (C=O) groups is 4. The molecule has 0 bridgehead atoms. The number of benzene rings is 3. The summed E-state index contributed by atoms with van der Waals surface area (Å²) in [6.07, 6.45) is 0.292. The summed E-state index contributed by atoms with van der Waals surface area (Å²) in [5, 5.41) is 13.6. The number of carboxylic acids is 1. The quantitative estimate of drug-likeness (QED) is 0.277. The summed E-state index contributed by atoms with van der Waals surface area (Å²) in [4.78, 5) is 59.4. The van der Waals surface area contributed by atoms with Gasteiger partial charge in [0.15, 0.2) is 0 Å². The molecule has 0 radical (unpaired) electrons. The normalized spacial score (nSPS) is 18.9. The minimum Gasteiger partial charge on any atom is -0.480 e. The van der Waals surface area contributed by atoms with Crippen LogP contribution in [0.15, 0.2) is 72.8 Å². The molecule has 208 valence electrons. The number of aromatic amines is 1. The highest BCUT2D eigenvalue weighted by Crippen LogP contribution is 2.45. The molecule has 2 aliphatic rings. The molecule has 6 rings (SSSR count). The number of rotatable bonds is 6. The standard InChI is InChI=1S/C31H27ClN4O5/c1-16(2)25(30(39)40)34-28(37)20-11-4-6-13-23(20)36-29(38)24-15-21-19-10-3-5-12-22(19)33-26(21)27(35(24)31(36)41)17-8-7-9-18(32)14-17/h3-14,16,24-25,27,33H,15H2,1-2H3,(H,34,37)(H,39,40)/t24-,25-,27-/m0/s1. The smallest absolute Gasteiger partial charge is 0.332 e. The van der Waals surface area contributed by atoms with Crippen LogP contribution in [0, 0.1) is 5.92 Å². The van der Waals surface area contributed by atoms with Crippen molar-refractivity contribution in [1.82, 2.24) is 15.2 Å². The molecule has 0 spiro atoms. The number of anilines is 1. The maximum atomic E-state index is 14.2. The number of fused-ring (bicyclic) bond motifs is 4. The second-order valence-corrected chi connectivity index (χ2v) is 11.1. The van der Waals surface area contributed by atoms with Crippen molar-refractivity contribution in [3.8, 4) is 0 Å². The van der Waals surface area contributed by atoms with Crippen LogP contribution < -0.4 is 10.2 Å². The average molecular weight is 571 g/mol. The summed E-state index contributed by atoms with van der Waals surface area (Å²) in [6, 6.07) is 18.1. The van der Waals surface area contributed by atoms with Crippen LogP contribution in [-0.2, 0) is 16.0 Å². The third-order valence-corrected chi connectivity index (χ3v) is 8.06. The van der Waals surface area contributed by atoms with E-state index < -0.39 is 41.9 Å². The van der Waals surface area contributed by atoms with Crippen molar-refractivity contribution in [2.24, 2.45) is 5.92 Å². The molecule has 3 atom stereocenters. The molecule has 1 fully saturated rings. The highest BCUT2D eigenvalue weighted by molar-refractivity contribution is 6.30. The van der Waals surface area contributed by atoms with Crippen molar-refractivity contribution in [3.63, 3.8) is 0 Å². The Morgan fingerprint density at radius 3 is 2.49 bits per heavy atom. The lowest BCUT2D eigenvalue weighted by molar-refractivity contribution is -0.140. The van der Waals surface area contributed by atoms with Gasteiger partial charge in [-0.15, -0.1) is 0 Å². The Hall–Kier alpha value is -4.63. The van der Waals surface area contributed by atoms with Crippen molar-refractivity contribution in [3.05, 3.63) is 100 Å². The molecule has 1 aromatic heterocycles. The number of hydrogen-bond donors (Lipinski definition) is 3. The molecule has 10 heteroatoms. The molecule has 4 aromatic rings. The monoisotopic (exact) mass is 570 g/mol. The molecule has 9 nitrogen and oxygen atoms in total. The number of carbonyl (C=O) groups excluding carboxylic acids is 3. The number of halogens is 1. The van der Waals surface area contributed by atoms with Crippen LogP contribution in [0.4, 0.5) is 10.5 Å².